The molecule has 4 heteroatoms. The van der Waals surface area contributed by atoms with E-state index >= 15 is 0 Å². The van der Waals surface area contributed by atoms with Gasteiger partial charge in [0.1, 0.15) is 5.75 Å². The highest BCUT2D eigenvalue weighted by atomic mass is 32.2. The fourth-order valence-electron chi connectivity index (χ4n) is 2.53. The molecule has 1 unspecified atom stereocenters. The second-order valence-electron chi connectivity index (χ2n) is 6.47. The molecule has 0 radical (unpaired) electrons. The fraction of sp³-hybridized carbons (Fsp3) is 0.647. The molecule has 1 atom stereocenters. The van der Waals surface area contributed by atoms with Crippen LogP contribution in [0, 0.1) is 11.3 Å². The Morgan fingerprint density at radius 3 is 2.52 bits per heavy atom. The number of aliphatic hydroxyl groups is 1. The minimum Gasteiger partial charge on any atom is -0.496 e. The van der Waals surface area contributed by atoms with Crippen LogP contribution in [0.3, 0.4) is 0 Å². The van der Waals surface area contributed by atoms with Crippen LogP contribution in [0.4, 0.5) is 0 Å². The molecule has 0 heterocycles. The highest BCUT2D eigenvalue weighted by molar-refractivity contribution is 7.98. The van der Waals surface area contributed by atoms with Crippen LogP contribution in [0.2, 0.25) is 0 Å². The van der Waals surface area contributed by atoms with Crippen LogP contribution in [-0.4, -0.2) is 31.1 Å². The summed E-state index contributed by atoms with van der Waals surface area (Å²) in [4.78, 5) is 1.15. The molecule has 0 bridgehead atoms. The maximum atomic E-state index is 10.2. The van der Waals surface area contributed by atoms with Gasteiger partial charge in [-0.2, -0.15) is 0 Å². The number of aliphatic hydroxyl groups excluding tert-OH is 1. The molecule has 0 saturated carbocycles. The van der Waals surface area contributed by atoms with Gasteiger partial charge >= 0.3 is 0 Å². The lowest BCUT2D eigenvalue weighted by Crippen LogP contribution is -2.41. The Bertz CT molecular complexity index is 446. The number of nitrogens with one attached hydrogen (secondary N) is 1. The average molecular weight is 311 g/mol. The molecule has 0 spiro atoms. The Morgan fingerprint density at radius 1 is 1.33 bits per heavy atom. The van der Waals surface area contributed by atoms with Crippen molar-refractivity contribution >= 4 is 11.8 Å². The van der Waals surface area contributed by atoms with Gasteiger partial charge in [-0.3, -0.25) is 0 Å². The van der Waals surface area contributed by atoms with Gasteiger partial charge < -0.3 is 15.2 Å². The summed E-state index contributed by atoms with van der Waals surface area (Å²) in [6, 6.07) is 6.25. The number of rotatable bonds is 8. The van der Waals surface area contributed by atoms with Crippen LogP contribution in [-0.2, 0) is 6.54 Å². The molecular weight excluding hydrogens is 282 g/mol. The summed E-state index contributed by atoms with van der Waals surface area (Å²) < 4.78 is 5.33. The SMILES string of the molecule is COc1ccc(CNCC(C)(C)C(O)C(C)C)cc1SC. The van der Waals surface area contributed by atoms with Gasteiger partial charge in [-0.1, -0.05) is 33.8 Å². The van der Waals surface area contributed by atoms with E-state index in [1.807, 2.05) is 6.07 Å². The number of methoxy groups -OCH3 is 1. The zero-order valence-electron chi connectivity index (χ0n) is 14.1. The molecule has 1 aromatic rings. The molecular formula is C17H29NO2S. The van der Waals surface area contributed by atoms with Crippen LogP contribution in [0.25, 0.3) is 0 Å². The molecule has 120 valence electrons. The monoisotopic (exact) mass is 311 g/mol. The van der Waals surface area contributed by atoms with Crippen LogP contribution < -0.4 is 10.1 Å². The normalized spacial score (nSPS) is 13.5. The topological polar surface area (TPSA) is 41.5 Å². The Labute approximate surface area is 133 Å². The molecule has 0 saturated heterocycles. The first kappa shape index (κ1) is 18.3. The second kappa shape index (κ2) is 8.06. The third kappa shape index (κ3) is 5.20. The number of ether oxygens (including phenoxy) is 1. The quantitative estimate of drug-likeness (QED) is 0.721. The summed E-state index contributed by atoms with van der Waals surface area (Å²) in [5.74, 6) is 1.19. The number of thioether (sulfide) groups is 1. The number of hydrogen-bond donors (Lipinski definition) is 2. The molecule has 0 fully saturated rings. The third-order valence-electron chi connectivity index (χ3n) is 3.79. The van der Waals surface area contributed by atoms with Crippen molar-refractivity contribution in [3.63, 3.8) is 0 Å². The molecule has 0 aliphatic carbocycles. The van der Waals surface area contributed by atoms with E-state index in [-0.39, 0.29) is 17.4 Å². The Hall–Kier alpha value is -0.710. The van der Waals surface area contributed by atoms with E-state index in [1.54, 1.807) is 18.9 Å². The summed E-state index contributed by atoms with van der Waals surface area (Å²) >= 11 is 1.69. The van der Waals surface area contributed by atoms with E-state index in [2.05, 4.69) is 51.4 Å². The van der Waals surface area contributed by atoms with E-state index in [0.29, 0.717) is 0 Å². The zero-order chi connectivity index (χ0) is 16.0. The van der Waals surface area contributed by atoms with Crippen LogP contribution in [0.1, 0.15) is 33.3 Å². The lowest BCUT2D eigenvalue weighted by Gasteiger charge is -2.33. The molecule has 21 heavy (non-hydrogen) atoms. The molecule has 0 amide bonds. The second-order valence-corrected chi connectivity index (χ2v) is 7.32. The Balaban J connectivity index is 2.60. The minimum atomic E-state index is -0.303. The van der Waals surface area contributed by atoms with Gasteiger partial charge in [0.15, 0.2) is 0 Å². The minimum absolute atomic E-state index is 0.136. The van der Waals surface area contributed by atoms with Crippen molar-refractivity contribution in [2.24, 2.45) is 11.3 Å². The van der Waals surface area contributed by atoms with Gasteiger partial charge in [0.25, 0.3) is 0 Å². The molecule has 0 aliphatic heterocycles. The summed E-state index contributed by atoms with van der Waals surface area (Å²) in [5.41, 5.74) is 1.10. The van der Waals surface area contributed by atoms with E-state index < -0.39 is 0 Å². The average Bonchev–Trinajstić information content (AvgIpc) is 2.45. The van der Waals surface area contributed by atoms with Gasteiger partial charge in [-0.15, -0.1) is 11.8 Å². The van der Waals surface area contributed by atoms with Crippen molar-refractivity contribution in [2.75, 3.05) is 19.9 Å². The molecule has 2 N–H and O–H groups in total. The summed E-state index contributed by atoms with van der Waals surface area (Å²) in [6.45, 7) is 9.90. The largest absolute Gasteiger partial charge is 0.496 e. The van der Waals surface area contributed by atoms with Crippen molar-refractivity contribution in [3.05, 3.63) is 23.8 Å². The van der Waals surface area contributed by atoms with Crippen LogP contribution >= 0.6 is 11.8 Å². The smallest absolute Gasteiger partial charge is 0.132 e. The molecule has 3 nitrogen and oxygen atoms in total. The summed E-state index contributed by atoms with van der Waals surface area (Å²) in [5, 5.41) is 13.7. The maximum Gasteiger partial charge on any atom is 0.132 e. The standard InChI is InChI=1S/C17H29NO2S/c1-12(2)16(19)17(3,4)11-18-10-13-7-8-14(20-5)15(9-13)21-6/h7-9,12,16,18-19H,10-11H2,1-6H3. The highest BCUT2D eigenvalue weighted by Crippen LogP contribution is 2.29. The summed E-state index contributed by atoms with van der Waals surface area (Å²) in [7, 11) is 1.70. The van der Waals surface area contributed by atoms with Crippen LogP contribution in [0.5, 0.6) is 5.75 Å². The number of hydrogen-bond acceptors (Lipinski definition) is 4. The molecule has 0 aliphatic rings. The Morgan fingerprint density at radius 2 is 2.00 bits per heavy atom. The summed E-state index contributed by atoms with van der Waals surface area (Å²) in [6.07, 6.45) is 1.75. The molecule has 1 rings (SSSR count). The van der Waals surface area contributed by atoms with Gasteiger partial charge in [0, 0.05) is 23.4 Å². The first-order valence-electron chi connectivity index (χ1n) is 7.41. The van der Waals surface area contributed by atoms with Crippen molar-refractivity contribution in [1.29, 1.82) is 0 Å². The van der Waals surface area contributed by atoms with E-state index in [4.69, 9.17) is 4.74 Å². The van der Waals surface area contributed by atoms with Gasteiger partial charge in [-0.25, -0.2) is 0 Å². The lowest BCUT2D eigenvalue weighted by atomic mass is 9.80. The lowest BCUT2D eigenvalue weighted by molar-refractivity contribution is 0.0134. The highest BCUT2D eigenvalue weighted by Gasteiger charge is 2.29. The molecule has 0 aromatic heterocycles. The fourth-order valence-corrected chi connectivity index (χ4v) is 3.15. The maximum absolute atomic E-state index is 10.2. The van der Waals surface area contributed by atoms with Crippen molar-refractivity contribution in [3.8, 4) is 5.75 Å². The predicted molar refractivity (Wildman–Crippen MR) is 91.1 cm³/mol. The first-order valence-corrected chi connectivity index (χ1v) is 8.64. The van der Waals surface area contributed by atoms with E-state index in [1.165, 1.54) is 5.56 Å². The van der Waals surface area contributed by atoms with Gasteiger partial charge in [0.2, 0.25) is 0 Å². The Kier molecular flexibility index (Phi) is 7.04. The van der Waals surface area contributed by atoms with E-state index in [0.717, 1.165) is 23.7 Å². The zero-order valence-corrected chi connectivity index (χ0v) is 14.9. The van der Waals surface area contributed by atoms with Crippen LogP contribution in [0.15, 0.2) is 23.1 Å². The van der Waals surface area contributed by atoms with Crippen molar-refractivity contribution < 1.29 is 9.84 Å². The van der Waals surface area contributed by atoms with Gasteiger partial charge in [-0.05, 0) is 29.9 Å². The van der Waals surface area contributed by atoms with E-state index in [9.17, 15) is 5.11 Å². The molecule has 1 aromatic carbocycles. The predicted octanol–water partition coefficient (Wildman–Crippen LogP) is 3.55. The third-order valence-corrected chi connectivity index (χ3v) is 4.55. The van der Waals surface area contributed by atoms with Crippen molar-refractivity contribution in [1.82, 2.24) is 5.32 Å². The van der Waals surface area contributed by atoms with Crippen molar-refractivity contribution in [2.45, 2.75) is 45.2 Å². The first-order chi connectivity index (χ1) is 9.81. The number of benzene rings is 1. The van der Waals surface area contributed by atoms with Gasteiger partial charge in [0.05, 0.1) is 13.2 Å².